The first kappa shape index (κ1) is 8.40. The Morgan fingerprint density at radius 1 is 1.31 bits per heavy atom. The van der Waals surface area contributed by atoms with Gasteiger partial charge in [0, 0.05) is 19.3 Å². The van der Waals surface area contributed by atoms with Gasteiger partial charge in [-0.3, -0.25) is 0 Å². The SMILES string of the molecule is OC1CN(c2cccnn2)CC1O. The van der Waals surface area contributed by atoms with Gasteiger partial charge < -0.3 is 15.1 Å². The van der Waals surface area contributed by atoms with Crippen LogP contribution >= 0.6 is 0 Å². The maximum absolute atomic E-state index is 9.29. The lowest BCUT2D eigenvalue weighted by Gasteiger charge is -2.14. The van der Waals surface area contributed by atoms with Gasteiger partial charge in [-0.1, -0.05) is 0 Å². The molecule has 1 saturated heterocycles. The first-order chi connectivity index (χ1) is 6.27. The topological polar surface area (TPSA) is 69.5 Å². The van der Waals surface area contributed by atoms with Crippen molar-refractivity contribution in [3.05, 3.63) is 18.3 Å². The lowest BCUT2D eigenvalue weighted by molar-refractivity contribution is 0.0572. The fraction of sp³-hybridized carbons (Fsp3) is 0.500. The molecular weight excluding hydrogens is 170 g/mol. The Balaban J connectivity index is 2.12. The first-order valence-electron chi connectivity index (χ1n) is 4.16. The first-order valence-corrected chi connectivity index (χ1v) is 4.16. The number of aliphatic hydroxyl groups excluding tert-OH is 2. The van der Waals surface area contributed by atoms with Gasteiger partial charge in [-0.25, -0.2) is 0 Å². The molecule has 2 N–H and O–H groups in total. The van der Waals surface area contributed by atoms with Gasteiger partial charge in [0.15, 0.2) is 5.82 Å². The minimum absolute atomic E-state index is 0.417. The molecule has 1 aromatic heterocycles. The van der Waals surface area contributed by atoms with Crippen LogP contribution in [-0.2, 0) is 0 Å². The molecule has 1 aliphatic rings. The summed E-state index contributed by atoms with van der Waals surface area (Å²) in [6.45, 7) is 0.833. The molecule has 2 heterocycles. The zero-order valence-corrected chi connectivity index (χ0v) is 7.04. The molecule has 0 spiro atoms. The number of aliphatic hydroxyl groups is 2. The van der Waals surface area contributed by atoms with Gasteiger partial charge in [0.25, 0.3) is 0 Å². The Kier molecular flexibility index (Phi) is 2.12. The van der Waals surface area contributed by atoms with E-state index in [1.54, 1.807) is 18.3 Å². The third-order valence-corrected chi connectivity index (χ3v) is 2.14. The number of hydrogen-bond acceptors (Lipinski definition) is 5. The molecule has 2 atom stereocenters. The van der Waals surface area contributed by atoms with Crippen LogP contribution in [0.1, 0.15) is 0 Å². The van der Waals surface area contributed by atoms with Crippen molar-refractivity contribution in [2.75, 3.05) is 18.0 Å². The van der Waals surface area contributed by atoms with Crippen LogP contribution in [-0.4, -0.2) is 45.7 Å². The second-order valence-electron chi connectivity index (χ2n) is 3.12. The molecule has 0 aliphatic carbocycles. The molecule has 2 unspecified atom stereocenters. The van der Waals surface area contributed by atoms with Gasteiger partial charge in [0.05, 0.1) is 12.2 Å². The molecule has 0 aromatic carbocycles. The summed E-state index contributed by atoms with van der Waals surface area (Å²) in [4.78, 5) is 1.81. The van der Waals surface area contributed by atoms with Gasteiger partial charge in [0.2, 0.25) is 0 Å². The summed E-state index contributed by atoms with van der Waals surface area (Å²) in [6, 6.07) is 3.58. The van der Waals surface area contributed by atoms with E-state index in [0.717, 1.165) is 0 Å². The standard InChI is InChI=1S/C8H11N3O2/c12-6-4-11(5-7(6)13)8-2-1-3-9-10-8/h1-3,6-7,12-13H,4-5H2. The number of nitrogens with zero attached hydrogens (tertiary/aromatic N) is 3. The molecule has 70 valence electrons. The molecular formula is C8H11N3O2. The Bertz CT molecular complexity index is 270. The Labute approximate surface area is 75.6 Å². The molecule has 0 amide bonds. The van der Waals surface area contributed by atoms with Crippen molar-refractivity contribution in [3.8, 4) is 0 Å². The lowest BCUT2D eigenvalue weighted by atomic mass is 10.3. The summed E-state index contributed by atoms with van der Waals surface area (Å²) in [5.41, 5.74) is 0. The number of β-amino-alcohol motifs (C(OH)–C–C–N with tert-alkyl or cyclic N) is 2. The normalized spacial score (nSPS) is 28.0. The van der Waals surface area contributed by atoms with E-state index in [1.807, 2.05) is 4.90 Å². The van der Waals surface area contributed by atoms with Crippen molar-refractivity contribution in [1.29, 1.82) is 0 Å². The molecule has 1 fully saturated rings. The maximum Gasteiger partial charge on any atom is 0.151 e. The molecule has 0 saturated carbocycles. The smallest absolute Gasteiger partial charge is 0.151 e. The van der Waals surface area contributed by atoms with Crippen molar-refractivity contribution in [1.82, 2.24) is 10.2 Å². The highest BCUT2D eigenvalue weighted by Gasteiger charge is 2.30. The van der Waals surface area contributed by atoms with Crippen LogP contribution < -0.4 is 4.90 Å². The minimum atomic E-state index is -0.679. The molecule has 5 heteroatoms. The van der Waals surface area contributed by atoms with E-state index >= 15 is 0 Å². The van der Waals surface area contributed by atoms with Crippen LogP contribution in [0.2, 0.25) is 0 Å². The second kappa shape index (κ2) is 3.27. The van der Waals surface area contributed by atoms with E-state index in [0.29, 0.717) is 18.9 Å². The quantitative estimate of drug-likeness (QED) is 0.582. The summed E-state index contributed by atoms with van der Waals surface area (Å²) < 4.78 is 0. The van der Waals surface area contributed by atoms with E-state index in [-0.39, 0.29) is 0 Å². The Morgan fingerprint density at radius 3 is 2.54 bits per heavy atom. The van der Waals surface area contributed by atoms with Crippen LogP contribution in [0.3, 0.4) is 0 Å². The molecule has 0 radical (unpaired) electrons. The van der Waals surface area contributed by atoms with E-state index in [9.17, 15) is 10.2 Å². The average Bonchev–Trinajstić information content (AvgIpc) is 2.49. The average molecular weight is 181 g/mol. The zero-order chi connectivity index (χ0) is 9.26. The van der Waals surface area contributed by atoms with Crippen molar-refractivity contribution in [2.24, 2.45) is 0 Å². The lowest BCUT2D eigenvalue weighted by Crippen LogP contribution is -2.22. The number of aromatic nitrogens is 2. The van der Waals surface area contributed by atoms with Crippen LogP contribution in [0.4, 0.5) is 5.82 Å². The molecule has 5 nitrogen and oxygen atoms in total. The van der Waals surface area contributed by atoms with E-state index in [1.165, 1.54) is 0 Å². The van der Waals surface area contributed by atoms with E-state index in [2.05, 4.69) is 10.2 Å². The van der Waals surface area contributed by atoms with E-state index in [4.69, 9.17) is 0 Å². The summed E-state index contributed by atoms with van der Waals surface area (Å²) in [6.07, 6.45) is 0.232. The molecule has 0 bridgehead atoms. The predicted octanol–water partition coefficient (Wildman–Crippen LogP) is -0.982. The number of anilines is 1. The molecule has 1 aromatic rings. The van der Waals surface area contributed by atoms with Gasteiger partial charge in [-0.15, -0.1) is 5.10 Å². The van der Waals surface area contributed by atoms with Crippen LogP contribution in [0.5, 0.6) is 0 Å². The summed E-state index contributed by atoms with van der Waals surface area (Å²) in [5, 5.41) is 26.2. The van der Waals surface area contributed by atoms with Crippen LogP contribution in [0.25, 0.3) is 0 Å². The highest BCUT2D eigenvalue weighted by atomic mass is 16.3. The summed E-state index contributed by atoms with van der Waals surface area (Å²) in [7, 11) is 0. The van der Waals surface area contributed by atoms with Crippen LogP contribution in [0, 0.1) is 0 Å². The number of hydrogen-bond donors (Lipinski definition) is 2. The van der Waals surface area contributed by atoms with Crippen molar-refractivity contribution in [3.63, 3.8) is 0 Å². The van der Waals surface area contributed by atoms with Gasteiger partial charge in [-0.05, 0) is 12.1 Å². The van der Waals surface area contributed by atoms with Gasteiger partial charge in [-0.2, -0.15) is 5.10 Å². The number of rotatable bonds is 1. The predicted molar refractivity (Wildman–Crippen MR) is 46.3 cm³/mol. The minimum Gasteiger partial charge on any atom is -0.389 e. The maximum atomic E-state index is 9.29. The van der Waals surface area contributed by atoms with Gasteiger partial charge >= 0.3 is 0 Å². The Hall–Kier alpha value is -1.20. The summed E-state index contributed by atoms with van der Waals surface area (Å²) >= 11 is 0. The second-order valence-corrected chi connectivity index (χ2v) is 3.12. The van der Waals surface area contributed by atoms with Crippen molar-refractivity contribution >= 4 is 5.82 Å². The summed E-state index contributed by atoms with van der Waals surface area (Å²) in [5.74, 6) is 0.693. The third kappa shape index (κ3) is 1.61. The highest BCUT2D eigenvalue weighted by molar-refractivity contribution is 5.38. The third-order valence-electron chi connectivity index (χ3n) is 2.14. The Morgan fingerprint density at radius 2 is 2.00 bits per heavy atom. The van der Waals surface area contributed by atoms with Crippen LogP contribution in [0.15, 0.2) is 18.3 Å². The largest absolute Gasteiger partial charge is 0.389 e. The monoisotopic (exact) mass is 181 g/mol. The highest BCUT2D eigenvalue weighted by Crippen LogP contribution is 2.16. The fourth-order valence-electron chi connectivity index (χ4n) is 1.42. The zero-order valence-electron chi connectivity index (χ0n) is 7.04. The molecule has 13 heavy (non-hydrogen) atoms. The molecule has 1 aliphatic heterocycles. The fourth-order valence-corrected chi connectivity index (χ4v) is 1.42. The van der Waals surface area contributed by atoms with Gasteiger partial charge in [0.1, 0.15) is 0 Å². The van der Waals surface area contributed by atoms with Crippen molar-refractivity contribution in [2.45, 2.75) is 12.2 Å². The molecule has 2 rings (SSSR count). The van der Waals surface area contributed by atoms with E-state index < -0.39 is 12.2 Å². The van der Waals surface area contributed by atoms with Crippen molar-refractivity contribution < 1.29 is 10.2 Å².